The van der Waals surface area contributed by atoms with Crippen molar-refractivity contribution in [2.75, 3.05) is 13.7 Å². The highest BCUT2D eigenvalue weighted by Crippen LogP contribution is 1.96. The third-order valence-electron chi connectivity index (χ3n) is 1.13. The fourth-order valence-electron chi connectivity index (χ4n) is 0.620. The van der Waals surface area contributed by atoms with Crippen LogP contribution in [-0.4, -0.2) is 20.0 Å². The van der Waals surface area contributed by atoms with Crippen molar-refractivity contribution < 1.29 is 9.53 Å². The lowest BCUT2D eigenvalue weighted by Crippen LogP contribution is -1.87. The van der Waals surface area contributed by atoms with E-state index in [0.29, 0.717) is 6.42 Å². The molecule has 0 unspecified atom stereocenters. The SMILES string of the molecule is COCCCCC[C]=O. The van der Waals surface area contributed by atoms with E-state index >= 15 is 0 Å². The maximum Gasteiger partial charge on any atom is 0.198 e. The summed E-state index contributed by atoms with van der Waals surface area (Å²) in [5, 5.41) is 0. The molecule has 0 aliphatic carbocycles. The van der Waals surface area contributed by atoms with Crippen LogP contribution < -0.4 is 0 Å². The number of rotatable bonds is 6. The zero-order valence-electron chi connectivity index (χ0n) is 5.85. The summed E-state index contributed by atoms with van der Waals surface area (Å²) in [7, 11) is 1.69. The molecule has 53 valence electrons. The Hall–Kier alpha value is -0.370. The first-order valence-corrected chi connectivity index (χ1v) is 3.25. The van der Waals surface area contributed by atoms with Gasteiger partial charge < -0.3 is 4.74 Å². The minimum Gasteiger partial charge on any atom is -0.385 e. The maximum absolute atomic E-state index is 9.68. The Morgan fingerprint density at radius 2 is 2.11 bits per heavy atom. The van der Waals surface area contributed by atoms with E-state index in [1.807, 2.05) is 6.29 Å². The molecule has 0 saturated heterocycles. The summed E-state index contributed by atoms with van der Waals surface area (Å²) in [4.78, 5) is 9.68. The Kier molecular flexibility index (Phi) is 7.32. The highest BCUT2D eigenvalue weighted by Gasteiger charge is 1.86. The van der Waals surface area contributed by atoms with E-state index in [0.717, 1.165) is 25.9 Å². The Morgan fingerprint density at radius 1 is 1.33 bits per heavy atom. The molecule has 2 heteroatoms. The molecule has 0 aliphatic rings. The Bertz CT molecular complexity index is 61.9. The lowest BCUT2D eigenvalue weighted by atomic mass is 10.2. The predicted molar refractivity (Wildman–Crippen MR) is 36.0 cm³/mol. The van der Waals surface area contributed by atoms with Crippen LogP contribution in [0.15, 0.2) is 0 Å². The first kappa shape index (κ1) is 8.63. The van der Waals surface area contributed by atoms with Crippen molar-refractivity contribution in [3.63, 3.8) is 0 Å². The van der Waals surface area contributed by atoms with Gasteiger partial charge in [-0.2, -0.15) is 0 Å². The molecular formula is C7H13O2. The van der Waals surface area contributed by atoms with Crippen LogP contribution in [0.4, 0.5) is 0 Å². The molecule has 0 bridgehead atoms. The largest absolute Gasteiger partial charge is 0.385 e. The summed E-state index contributed by atoms with van der Waals surface area (Å²) in [5.74, 6) is 0. The number of hydrogen-bond donors (Lipinski definition) is 0. The van der Waals surface area contributed by atoms with Crippen LogP contribution in [0.5, 0.6) is 0 Å². The summed E-state index contributed by atoms with van der Waals surface area (Å²) in [6, 6.07) is 0. The van der Waals surface area contributed by atoms with Gasteiger partial charge in [-0.15, -0.1) is 0 Å². The number of methoxy groups -OCH3 is 1. The number of carbonyl (C=O) groups excluding carboxylic acids is 1. The first-order chi connectivity index (χ1) is 4.41. The van der Waals surface area contributed by atoms with E-state index in [2.05, 4.69) is 0 Å². The van der Waals surface area contributed by atoms with Gasteiger partial charge in [0.1, 0.15) is 0 Å². The Balaban J connectivity index is 2.66. The molecule has 1 radical (unpaired) electrons. The maximum atomic E-state index is 9.68. The van der Waals surface area contributed by atoms with E-state index < -0.39 is 0 Å². The molecule has 0 rings (SSSR count). The summed E-state index contributed by atoms with van der Waals surface area (Å²) in [6.07, 6.45) is 5.50. The average Bonchev–Trinajstić information content (AvgIpc) is 1.89. The second kappa shape index (κ2) is 7.63. The number of hydrogen-bond acceptors (Lipinski definition) is 2. The molecule has 9 heavy (non-hydrogen) atoms. The van der Waals surface area contributed by atoms with Gasteiger partial charge in [-0.25, -0.2) is 0 Å². The monoisotopic (exact) mass is 129 g/mol. The van der Waals surface area contributed by atoms with Gasteiger partial charge in [-0.05, 0) is 12.8 Å². The van der Waals surface area contributed by atoms with Crippen LogP contribution >= 0.6 is 0 Å². The van der Waals surface area contributed by atoms with Gasteiger partial charge in [0, 0.05) is 20.1 Å². The summed E-state index contributed by atoms with van der Waals surface area (Å²) < 4.78 is 4.82. The zero-order chi connectivity index (χ0) is 6.95. The molecule has 0 aliphatic heterocycles. The number of ether oxygens (including phenoxy) is 1. The molecule has 0 aromatic rings. The molecule has 0 fully saturated rings. The van der Waals surface area contributed by atoms with E-state index in [4.69, 9.17) is 4.74 Å². The van der Waals surface area contributed by atoms with Crippen LogP contribution in [0.25, 0.3) is 0 Å². The Morgan fingerprint density at radius 3 is 2.67 bits per heavy atom. The van der Waals surface area contributed by atoms with Crippen LogP contribution in [0.3, 0.4) is 0 Å². The van der Waals surface area contributed by atoms with Gasteiger partial charge >= 0.3 is 0 Å². The van der Waals surface area contributed by atoms with Crippen molar-refractivity contribution in [2.24, 2.45) is 0 Å². The second-order valence-electron chi connectivity index (χ2n) is 1.95. The standard InChI is InChI=1S/C7H13O2/c1-9-7-5-3-2-4-6-8/h2-5,7H2,1H3. The third kappa shape index (κ3) is 7.63. The lowest BCUT2D eigenvalue weighted by Gasteiger charge is -1.94. The van der Waals surface area contributed by atoms with E-state index in [9.17, 15) is 4.79 Å². The molecular weight excluding hydrogens is 116 g/mol. The van der Waals surface area contributed by atoms with Gasteiger partial charge in [0.2, 0.25) is 0 Å². The highest BCUT2D eigenvalue weighted by atomic mass is 16.5. The van der Waals surface area contributed by atoms with Gasteiger partial charge in [0.15, 0.2) is 6.29 Å². The Labute approximate surface area is 56.2 Å². The molecule has 0 aromatic heterocycles. The van der Waals surface area contributed by atoms with Crippen molar-refractivity contribution >= 4 is 6.29 Å². The van der Waals surface area contributed by atoms with Crippen molar-refractivity contribution in [3.05, 3.63) is 0 Å². The van der Waals surface area contributed by atoms with Crippen molar-refractivity contribution in [1.82, 2.24) is 0 Å². The average molecular weight is 129 g/mol. The predicted octanol–water partition coefficient (Wildman–Crippen LogP) is 1.30. The third-order valence-corrected chi connectivity index (χ3v) is 1.13. The van der Waals surface area contributed by atoms with Gasteiger partial charge in [-0.1, -0.05) is 6.42 Å². The molecule has 0 N–H and O–H groups in total. The van der Waals surface area contributed by atoms with Crippen molar-refractivity contribution in [1.29, 1.82) is 0 Å². The number of unbranched alkanes of at least 4 members (excludes halogenated alkanes) is 3. The summed E-state index contributed by atoms with van der Waals surface area (Å²) in [6.45, 7) is 0.804. The molecule has 2 nitrogen and oxygen atoms in total. The van der Waals surface area contributed by atoms with Gasteiger partial charge in [-0.3, -0.25) is 4.79 Å². The van der Waals surface area contributed by atoms with Crippen LogP contribution in [0.1, 0.15) is 25.7 Å². The van der Waals surface area contributed by atoms with Crippen molar-refractivity contribution in [3.8, 4) is 0 Å². The highest BCUT2D eigenvalue weighted by molar-refractivity contribution is 5.50. The van der Waals surface area contributed by atoms with E-state index in [-0.39, 0.29) is 0 Å². The van der Waals surface area contributed by atoms with E-state index in [1.54, 1.807) is 7.11 Å². The first-order valence-electron chi connectivity index (χ1n) is 3.25. The summed E-state index contributed by atoms with van der Waals surface area (Å²) in [5.41, 5.74) is 0. The smallest absolute Gasteiger partial charge is 0.198 e. The summed E-state index contributed by atoms with van der Waals surface area (Å²) >= 11 is 0. The van der Waals surface area contributed by atoms with E-state index in [1.165, 1.54) is 0 Å². The second-order valence-corrected chi connectivity index (χ2v) is 1.95. The quantitative estimate of drug-likeness (QED) is 0.505. The minimum absolute atomic E-state index is 0.573. The van der Waals surface area contributed by atoms with Crippen LogP contribution in [0, 0.1) is 0 Å². The molecule has 0 amide bonds. The molecule has 0 heterocycles. The van der Waals surface area contributed by atoms with Gasteiger partial charge in [0.25, 0.3) is 0 Å². The minimum atomic E-state index is 0.573. The van der Waals surface area contributed by atoms with Crippen LogP contribution in [0.2, 0.25) is 0 Å². The van der Waals surface area contributed by atoms with Crippen LogP contribution in [-0.2, 0) is 9.53 Å². The lowest BCUT2D eigenvalue weighted by molar-refractivity contribution is 0.192. The fourth-order valence-corrected chi connectivity index (χ4v) is 0.620. The molecule has 0 saturated carbocycles. The van der Waals surface area contributed by atoms with Gasteiger partial charge in [0.05, 0.1) is 0 Å². The van der Waals surface area contributed by atoms with Crippen molar-refractivity contribution in [2.45, 2.75) is 25.7 Å². The molecule has 0 aromatic carbocycles. The topological polar surface area (TPSA) is 26.3 Å². The molecule has 0 atom stereocenters. The zero-order valence-corrected chi connectivity index (χ0v) is 5.85. The normalized spacial score (nSPS) is 9.44. The fraction of sp³-hybridized carbons (Fsp3) is 0.857. The molecule has 0 spiro atoms.